The van der Waals surface area contributed by atoms with Crippen molar-refractivity contribution < 1.29 is 0 Å². The van der Waals surface area contributed by atoms with E-state index in [0.717, 1.165) is 11.1 Å². The normalized spacial score (nSPS) is 13.0. The molecule has 0 aromatic heterocycles. The molecule has 37 heavy (non-hydrogen) atoms. The lowest BCUT2D eigenvalue weighted by molar-refractivity contribution is 0.660. The van der Waals surface area contributed by atoms with Crippen LogP contribution in [0.1, 0.15) is 30.5 Å². The van der Waals surface area contributed by atoms with Crippen molar-refractivity contribution in [2.24, 2.45) is 0 Å². The highest BCUT2D eigenvalue weighted by molar-refractivity contribution is 5.95. The molecule has 0 fully saturated rings. The van der Waals surface area contributed by atoms with Crippen LogP contribution in [-0.4, -0.2) is 0 Å². The van der Waals surface area contributed by atoms with Crippen LogP contribution in [0.4, 0.5) is 0 Å². The molecule has 5 aromatic rings. The molecule has 5 aromatic carbocycles. The smallest absolute Gasteiger partial charge is 0.0159 e. The molecule has 0 heteroatoms. The summed E-state index contributed by atoms with van der Waals surface area (Å²) in [5.74, 6) is 0. The van der Waals surface area contributed by atoms with Gasteiger partial charge < -0.3 is 0 Å². The summed E-state index contributed by atoms with van der Waals surface area (Å²) in [6, 6.07) is 41.7. The van der Waals surface area contributed by atoms with Gasteiger partial charge in [0.25, 0.3) is 0 Å². The minimum absolute atomic E-state index is 0.0347. The molecule has 0 aliphatic heterocycles. The minimum Gasteiger partial charge on any atom is -0.0985 e. The van der Waals surface area contributed by atoms with Crippen LogP contribution < -0.4 is 0 Å². The molecule has 1 aliphatic rings. The second kappa shape index (κ2) is 8.91. The Morgan fingerprint density at radius 1 is 0.568 bits per heavy atom. The lowest BCUT2D eigenvalue weighted by Gasteiger charge is -2.21. The molecule has 0 radical (unpaired) electrons. The molecule has 0 heterocycles. The van der Waals surface area contributed by atoms with Gasteiger partial charge in [0.15, 0.2) is 0 Å². The minimum atomic E-state index is -0.0347. The van der Waals surface area contributed by atoms with Gasteiger partial charge in [-0.05, 0) is 85.0 Å². The topological polar surface area (TPSA) is 0 Å². The Bertz CT molecular complexity index is 1660. The van der Waals surface area contributed by atoms with Crippen LogP contribution in [0.5, 0.6) is 0 Å². The van der Waals surface area contributed by atoms with Crippen LogP contribution in [0.2, 0.25) is 0 Å². The highest BCUT2D eigenvalue weighted by Crippen LogP contribution is 2.52. The van der Waals surface area contributed by atoms with Crippen LogP contribution in [0.25, 0.3) is 50.1 Å². The Morgan fingerprint density at radius 2 is 1.11 bits per heavy atom. The van der Waals surface area contributed by atoms with Gasteiger partial charge in [0.1, 0.15) is 0 Å². The van der Waals surface area contributed by atoms with Gasteiger partial charge in [-0.15, -0.1) is 0 Å². The lowest BCUT2D eigenvalue weighted by Crippen LogP contribution is -2.14. The molecule has 0 amide bonds. The zero-order valence-electron chi connectivity index (χ0n) is 21.5. The quantitative estimate of drug-likeness (QED) is 0.222. The zero-order chi connectivity index (χ0) is 25.6. The van der Waals surface area contributed by atoms with Crippen LogP contribution in [0.15, 0.2) is 134 Å². The summed E-state index contributed by atoms with van der Waals surface area (Å²) < 4.78 is 0. The van der Waals surface area contributed by atoms with Gasteiger partial charge >= 0.3 is 0 Å². The average molecular weight is 475 g/mol. The molecular formula is C37H30. The molecule has 0 unspecified atom stereocenters. The van der Waals surface area contributed by atoms with Crippen molar-refractivity contribution in [2.75, 3.05) is 0 Å². The van der Waals surface area contributed by atoms with Crippen molar-refractivity contribution >= 4 is 5.57 Å². The molecule has 178 valence electrons. The van der Waals surface area contributed by atoms with Gasteiger partial charge in [-0.25, -0.2) is 0 Å². The first-order valence-electron chi connectivity index (χ1n) is 12.8. The molecule has 0 nitrogen and oxygen atoms in total. The van der Waals surface area contributed by atoms with E-state index in [9.17, 15) is 0 Å². The van der Waals surface area contributed by atoms with Crippen molar-refractivity contribution in [3.63, 3.8) is 0 Å². The third-order valence-corrected chi connectivity index (χ3v) is 7.79. The standard InChI is InChI=1S/C37H30/c1-5-25(2)27-22-28(31-17-10-9-16-30(31)26-14-7-6-8-15-26)24-29(23-27)32-19-13-21-35-36(32)33-18-11-12-20-34(33)37(35,3)4/h5-24H,1-2H2,3-4H3. The predicted molar refractivity (Wildman–Crippen MR) is 160 cm³/mol. The maximum Gasteiger partial charge on any atom is 0.0159 e. The first-order valence-corrected chi connectivity index (χ1v) is 12.8. The van der Waals surface area contributed by atoms with Crippen LogP contribution in [-0.2, 0) is 5.41 Å². The fourth-order valence-electron chi connectivity index (χ4n) is 5.84. The Morgan fingerprint density at radius 3 is 1.81 bits per heavy atom. The van der Waals surface area contributed by atoms with Crippen molar-refractivity contribution in [1.82, 2.24) is 0 Å². The second-order valence-corrected chi connectivity index (χ2v) is 10.3. The molecule has 0 atom stereocenters. The number of fused-ring (bicyclic) bond motifs is 3. The summed E-state index contributed by atoms with van der Waals surface area (Å²) in [5.41, 5.74) is 14.7. The van der Waals surface area contributed by atoms with Gasteiger partial charge in [-0.3, -0.25) is 0 Å². The third kappa shape index (κ3) is 3.77. The molecular weight excluding hydrogens is 444 g/mol. The second-order valence-electron chi connectivity index (χ2n) is 10.3. The summed E-state index contributed by atoms with van der Waals surface area (Å²) in [7, 11) is 0. The first kappa shape index (κ1) is 23.0. The number of hydrogen-bond donors (Lipinski definition) is 0. The Labute approximate surface area is 220 Å². The molecule has 0 spiro atoms. The number of hydrogen-bond acceptors (Lipinski definition) is 0. The third-order valence-electron chi connectivity index (χ3n) is 7.79. The van der Waals surface area contributed by atoms with E-state index in [4.69, 9.17) is 0 Å². The van der Waals surface area contributed by atoms with Crippen molar-refractivity contribution in [2.45, 2.75) is 19.3 Å². The van der Waals surface area contributed by atoms with E-state index in [1.165, 1.54) is 55.6 Å². The van der Waals surface area contributed by atoms with Gasteiger partial charge in [0.05, 0.1) is 0 Å². The van der Waals surface area contributed by atoms with Crippen molar-refractivity contribution in [3.05, 3.63) is 151 Å². The predicted octanol–water partition coefficient (Wildman–Crippen LogP) is 10.2. The van der Waals surface area contributed by atoms with Gasteiger partial charge in [0, 0.05) is 5.41 Å². The largest absolute Gasteiger partial charge is 0.0985 e. The highest BCUT2D eigenvalue weighted by atomic mass is 14.4. The van der Waals surface area contributed by atoms with E-state index in [1.54, 1.807) is 0 Å². The average Bonchev–Trinajstić information content (AvgIpc) is 3.19. The maximum absolute atomic E-state index is 4.31. The zero-order valence-corrected chi connectivity index (χ0v) is 21.5. The SMILES string of the molecule is C=CC(=C)c1cc(-c2ccccc2-c2ccccc2)cc(-c2cccc3c2-c2ccccc2C3(C)C)c1. The lowest BCUT2D eigenvalue weighted by atomic mass is 9.81. The Hall–Kier alpha value is -4.42. The maximum atomic E-state index is 4.31. The van der Waals surface area contributed by atoms with Crippen LogP contribution >= 0.6 is 0 Å². The fraction of sp³-hybridized carbons (Fsp3) is 0.0811. The number of benzene rings is 5. The van der Waals surface area contributed by atoms with Gasteiger partial charge in [-0.1, -0.05) is 130 Å². The summed E-state index contributed by atoms with van der Waals surface area (Å²) in [6.07, 6.45) is 1.85. The van der Waals surface area contributed by atoms with Crippen molar-refractivity contribution in [1.29, 1.82) is 0 Å². The van der Waals surface area contributed by atoms with Crippen LogP contribution in [0.3, 0.4) is 0 Å². The van der Waals surface area contributed by atoms with E-state index in [2.05, 4.69) is 142 Å². The molecule has 0 saturated heterocycles. The van der Waals surface area contributed by atoms with E-state index in [0.29, 0.717) is 0 Å². The fourth-order valence-corrected chi connectivity index (χ4v) is 5.84. The van der Waals surface area contributed by atoms with Crippen LogP contribution in [0, 0.1) is 0 Å². The molecule has 6 rings (SSSR count). The highest BCUT2D eigenvalue weighted by Gasteiger charge is 2.36. The van der Waals surface area contributed by atoms with Gasteiger partial charge in [-0.2, -0.15) is 0 Å². The van der Waals surface area contributed by atoms with E-state index < -0.39 is 0 Å². The number of allylic oxidation sites excluding steroid dienone is 2. The Kier molecular flexibility index (Phi) is 5.54. The molecule has 1 aliphatic carbocycles. The first-order chi connectivity index (χ1) is 18.0. The summed E-state index contributed by atoms with van der Waals surface area (Å²) in [6.45, 7) is 13.0. The Balaban J connectivity index is 1.62. The summed E-state index contributed by atoms with van der Waals surface area (Å²) in [4.78, 5) is 0. The summed E-state index contributed by atoms with van der Waals surface area (Å²) in [5, 5.41) is 0. The van der Waals surface area contributed by atoms with E-state index in [-0.39, 0.29) is 5.41 Å². The molecule has 0 saturated carbocycles. The van der Waals surface area contributed by atoms with Gasteiger partial charge in [0.2, 0.25) is 0 Å². The number of rotatable bonds is 5. The summed E-state index contributed by atoms with van der Waals surface area (Å²) >= 11 is 0. The molecule has 0 N–H and O–H groups in total. The van der Waals surface area contributed by atoms with Crippen molar-refractivity contribution in [3.8, 4) is 44.5 Å². The monoisotopic (exact) mass is 474 g/mol. The van der Waals surface area contributed by atoms with E-state index in [1.807, 2.05) is 6.08 Å². The van der Waals surface area contributed by atoms with E-state index >= 15 is 0 Å². The molecule has 0 bridgehead atoms.